The van der Waals surface area contributed by atoms with Crippen LogP contribution in [0.4, 0.5) is 0 Å². The molecule has 0 N–H and O–H groups in total. The van der Waals surface area contributed by atoms with Crippen LogP contribution < -0.4 is 4.57 Å². The van der Waals surface area contributed by atoms with E-state index in [1.54, 1.807) is 0 Å². The highest BCUT2D eigenvalue weighted by molar-refractivity contribution is 5.76. The van der Waals surface area contributed by atoms with Gasteiger partial charge in [0.2, 0.25) is 5.91 Å². The molecular weight excluding hydrogens is 298 g/mol. The van der Waals surface area contributed by atoms with Gasteiger partial charge in [0, 0.05) is 44.9 Å². The lowest BCUT2D eigenvalue weighted by Gasteiger charge is -2.34. The lowest BCUT2D eigenvalue weighted by atomic mass is 10.2. The maximum absolute atomic E-state index is 12.4. The van der Waals surface area contributed by atoms with E-state index >= 15 is 0 Å². The van der Waals surface area contributed by atoms with Gasteiger partial charge in [-0.05, 0) is 18.1 Å². The molecule has 0 bridgehead atoms. The average molecular weight is 324 g/mol. The molecule has 0 unspecified atom stereocenters. The van der Waals surface area contributed by atoms with Crippen LogP contribution in [-0.4, -0.2) is 41.9 Å². The Bertz CT molecular complexity index is 646. The first-order valence-corrected chi connectivity index (χ1v) is 8.70. The molecule has 4 heteroatoms. The van der Waals surface area contributed by atoms with Crippen LogP contribution in [0, 0.1) is 6.92 Å². The minimum absolute atomic E-state index is 0.266. The molecule has 1 amide bonds. The number of nitrogens with zero attached hydrogens (tertiary/aromatic N) is 3. The van der Waals surface area contributed by atoms with Crippen LogP contribution >= 0.6 is 0 Å². The Balaban J connectivity index is 1.42. The summed E-state index contributed by atoms with van der Waals surface area (Å²) in [6.45, 7) is 7.39. The molecule has 4 nitrogen and oxygen atoms in total. The number of hydrogen-bond acceptors (Lipinski definition) is 2. The second-order valence-electron chi connectivity index (χ2n) is 6.51. The van der Waals surface area contributed by atoms with Crippen LogP contribution in [0.1, 0.15) is 17.5 Å². The van der Waals surface area contributed by atoms with E-state index in [0.29, 0.717) is 6.42 Å². The van der Waals surface area contributed by atoms with E-state index < -0.39 is 0 Å². The second-order valence-corrected chi connectivity index (χ2v) is 6.51. The van der Waals surface area contributed by atoms with Crippen molar-refractivity contribution in [3.8, 4) is 0 Å². The number of carbonyl (C=O) groups excluding carboxylic acids is 1. The fourth-order valence-corrected chi connectivity index (χ4v) is 3.06. The highest BCUT2D eigenvalue weighted by Crippen LogP contribution is 2.09. The third-order valence-corrected chi connectivity index (χ3v) is 4.62. The molecule has 1 aromatic heterocycles. The zero-order valence-corrected chi connectivity index (χ0v) is 14.4. The normalized spacial score (nSPS) is 15.5. The first-order valence-electron chi connectivity index (χ1n) is 8.70. The predicted molar refractivity (Wildman–Crippen MR) is 94.3 cm³/mol. The minimum atomic E-state index is 0.266. The number of aryl methyl sites for hydroxylation is 2. The molecule has 0 saturated carbocycles. The van der Waals surface area contributed by atoms with Crippen molar-refractivity contribution < 1.29 is 9.36 Å². The van der Waals surface area contributed by atoms with Crippen LogP contribution in [0.15, 0.2) is 54.9 Å². The van der Waals surface area contributed by atoms with Crippen molar-refractivity contribution >= 4 is 5.91 Å². The van der Waals surface area contributed by atoms with Crippen molar-refractivity contribution in [3.63, 3.8) is 0 Å². The Hall–Kier alpha value is -2.20. The van der Waals surface area contributed by atoms with E-state index in [9.17, 15) is 4.79 Å². The topological polar surface area (TPSA) is 27.4 Å². The monoisotopic (exact) mass is 324 g/mol. The van der Waals surface area contributed by atoms with E-state index in [1.807, 2.05) is 23.4 Å². The van der Waals surface area contributed by atoms with E-state index in [1.165, 1.54) is 11.1 Å². The highest BCUT2D eigenvalue weighted by Gasteiger charge is 2.21. The standard InChI is InChI=1S/C20H26N3O/c1-18-7-10-21(11-8-18)12-9-20(24)23-15-13-22(14-16-23)17-19-5-3-2-4-6-19/h2-8,10-11H,9,12-17H2,1H3/q+1. The summed E-state index contributed by atoms with van der Waals surface area (Å²) in [5, 5.41) is 0. The Morgan fingerprint density at radius 3 is 2.33 bits per heavy atom. The zero-order valence-electron chi connectivity index (χ0n) is 14.4. The maximum atomic E-state index is 12.4. The minimum Gasteiger partial charge on any atom is -0.340 e. The molecule has 3 rings (SSSR count). The number of hydrogen-bond donors (Lipinski definition) is 0. The number of piperazine rings is 1. The van der Waals surface area contributed by atoms with Crippen molar-refractivity contribution in [1.82, 2.24) is 9.80 Å². The molecule has 0 radical (unpaired) electrons. The zero-order chi connectivity index (χ0) is 16.8. The molecule has 1 saturated heterocycles. The Labute approximate surface area is 144 Å². The second kappa shape index (κ2) is 8.06. The van der Waals surface area contributed by atoms with Gasteiger partial charge in [-0.1, -0.05) is 30.3 Å². The van der Waals surface area contributed by atoms with Crippen LogP contribution in [0.5, 0.6) is 0 Å². The first-order chi connectivity index (χ1) is 11.7. The molecule has 1 aliphatic heterocycles. The van der Waals surface area contributed by atoms with Crippen molar-refractivity contribution in [2.45, 2.75) is 26.4 Å². The van der Waals surface area contributed by atoms with E-state index in [-0.39, 0.29) is 5.91 Å². The van der Waals surface area contributed by atoms with Gasteiger partial charge in [0.15, 0.2) is 18.9 Å². The summed E-state index contributed by atoms with van der Waals surface area (Å²) in [7, 11) is 0. The largest absolute Gasteiger partial charge is 0.340 e. The molecule has 24 heavy (non-hydrogen) atoms. The molecule has 2 heterocycles. The molecule has 1 fully saturated rings. The fraction of sp³-hybridized carbons (Fsp3) is 0.400. The van der Waals surface area contributed by atoms with Gasteiger partial charge < -0.3 is 4.90 Å². The van der Waals surface area contributed by atoms with Crippen LogP contribution in [-0.2, 0) is 17.9 Å². The lowest BCUT2D eigenvalue weighted by Crippen LogP contribution is -2.49. The van der Waals surface area contributed by atoms with Crippen LogP contribution in [0.3, 0.4) is 0 Å². The molecule has 126 valence electrons. The third-order valence-electron chi connectivity index (χ3n) is 4.62. The number of aromatic nitrogens is 1. The van der Waals surface area contributed by atoms with Gasteiger partial charge in [0.05, 0.1) is 6.42 Å². The summed E-state index contributed by atoms with van der Waals surface area (Å²) in [6.07, 6.45) is 4.66. The predicted octanol–water partition coefficient (Wildman–Crippen LogP) is 2.02. The Morgan fingerprint density at radius 2 is 1.67 bits per heavy atom. The number of rotatable bonds is 5. The smallest absolute Gasteiger partial charge is 0.229 e. The summed E-state index contributed by atoms with van der Waals surface area (Å²) >= 11 is 0. The Morgan fingerprint density at radius 1 is 1.00 bits per heavy atom. The van der Waals surface area contributed by atoms with Gasteiger partial charge in [0.1, 0.15) is 0 Å². The van der Waals surface area contributed by atoms with Gasteiger partial charge in [-0.25, -0.2) is 4.57 Å². The van der Waals surface area contributed by atoms with Crippen molar-refractivity contribution in [1.29, 1.82) is 0 Å². The summed E-state index contributed by atoms with van der Waals surface area (Å²) in [6, 6.07) is 14.7. The summed E-state index contributed by atoms with van der Waals surface area (Å²) < 4.78 is 2.08. The first kappa shape index (κ1) is 16.7. The van der Waals surface area contributed by atoms with Crippen molar-refractivity contribution in [3.05, 3.63) is 66.0 Å². The number of benzene rings is 1. The van der Waals surface area contributed by atoms with E-state index in [2.05, 4.69) is 52.8 Å². The van der Waals surface area contributed by atoms with E-state index in [4.69, 9.17) is 0 Å². The van der Waals surface area contributed by atoms with Gasteiger partial charge in [-0.3, -0.25) is 9.69 Å². The lowest BCUT2D eigenvalue weighted by molar-refractivity contribution is -0.696. The maximum Gasteiger partial charge on any atom is 0.229 e. The van der Waals surface area contributed by atoms with Crippen LogP contribution in [0.2, 0.25) is 0 Å². The fourth-order valence-electron chi connectivity index (χ4n) is 3.06. The molecule has 0 atom stereocenters. The van der Waals surface area contributed by atoms with Gasteiger partial charge in [-0.2, -0.15) is 0 Å². The van der Waals surface area contributed by atoms with E-state index in [0.717, 1.165) is 39.3 Å². The molecule has 0 spiro atoms. The SMILES string of the molecule is Cc1cc[n+](CCC(=O)N2CCN(Cc3ccccc3)CC2)cc1. The van der Waals surface area contributed by atoms with Gasteiger partial charge in [0.25, 0.3) is 0 Å². The van der Waals surface area contributed by atoms with Crippen molar-refractivity contribution in [2.24, 2.45) is 0 Å². The summed E-state index contributed by atoms with van der Waals surface area (Å²) in [5.74, 6) is 0.266. The highest BCUT2D eigenvalue weighted by atomic mass is 16.2. The summed E-state index contributed by atoms with van der Waals surface area (Å²) in [5.41, 5.74) is 2.58. The number of amides is 1. The van der Waals surface area contributed by atoms with Crippen molar-refractivity contribution in [2.75, 3.05) is 26.2 Å². The number of carbonyl (C=O) groups is 1. The quantitative estimate of drug-likeness (QED) is 0.787. The Kier molecular flexibility index (Phi) is 5.59. The third kappa shape index (κ3) is 4.65. The number of pyridine rings is 1. The summed E-state index contributed by atoms with van der Waals surface area (Å²) in [4.78, 5) is 16.8. The molecule has 0 aliphatic carbocycles. The van der Waals surface area contributed by atoms with Crippen LogP contribution in [0.25, 0.3) is 0 Å². The molecule has 1 aliphatic rings. The molecule has 1 aromatic carbocycles. The average Bonchev–Trinajstić information content (AvgIpc) is 2.62. The molecule has 2 aromatic rings. The van der Waals surface area contributed by atoms with Gasteiger partial charge in [-0.15, -0.1) is 0 Å². The van der Waals surface area contributed by atoms with Gasteiger partial charge >= 0.3 is 0 Å². The molecular formula is C20H26N3O+.